The first kappa shape index (κ1) is 8.75. The van der Waals surface area contributed by atoms with E-state index in [0.717, 1.165) is 13.0 Å². The lowest BCUT2D eigenvalue weighted by atomic mass is 10.0. The Hall–Kier alpha value is -0.340. The van der Waals surface area contributed by atoms with Gasteiger partial charge in [-0.25, -0.2) is 0 Å². The van der Waals surface area contributed by atoms with Crippen LogP contribution in [0.3, 0.4) is 0 Å². The fraction of sp³-hybridized carbons (Fsp3) is 0.778. The third-order valence-corrected chi connectivity index (χ3v) is 1.95. The number of rotatable bonds is 2. The highest BCUT2D eigenvalue weighted by molar-refractivity contribution is 5.00. The summed E-state index contributed by atoms with van der Waals surface area (Å²) in [5.41, 5.74) is 1.17. The van der Waals surface area contributed by atoms with E-state index in [4.69, 9.17) is 4.74 Å². The monoisotopic (exact) mass is 156 g/mol. The molecule has 0 saturated carbocycles. The summed E-state index contributed by atoms with van der Waals surface area (Å²) in [6.45, 7) is 5.52. The molecule has 0 bridgehead atoms. The Labute approximate surface area is 67.9 Å². The van der Waals surface area contributed by atoms with Gasteiger partial charge in [-0.05, 0) is 20.3 Å². The number of ether oxygens (including phenoxy) is 1. The molecule has 1 aliphatic heterocycles. The molecule has 0 aromatic rings. The fourth-order valence-electron chi connectivity index (χ4n) is 1.30. The van der Waals surface area contributed by atoms with Crippen LogP contribution in [0, 0.1) is 5.92 Å². The SMILES string of the molecule is CC(C)=CC(O)C1CCOC1. The third-order valence-electron chi connectivity index (χ3n) is 1.95. The van der Waals surface area contributed by atoms with Gasteiger partial charge in [0.25, 0.3) is 0 Å². The van der Waals surface area contributed by atoms with Crippen molar-refractivity contribution in [3.63, 3.8) is 0 Å². The second-order valence-electron chi connectivity index (χ2n) is 3.36. The minimum atomic E-state index is -0.303. The second-order valence-corrected chi connectivity index (χ2v) is 3.36. The van der Waals surface area contributed by atoms with Crippen molar-refractivity contribution < 1.29 is 9.84 Å². The standard InChI is InChI=1S/C9H16O2/c1-7(2)5-9(10)8-3-4-11-6-8/h5,8-10H,3-4,6H2,1-2H3. The van der Waals surface area contributed by atoms with Gasteiger partial charge in [0.1, 0.15) is 0 Å². The molecule has 64 valence electrons. The molecule has 1 aliphatic rings. The molecule has 0 amide bonds. The highest BCUT2D eigenvalue weighted by Crippen LogP contribution is 2.18. The second kappa shape index (κ2) is 3.88. The summed E-state index contributed by atoms with van der Waals surface area (Å²) in [5.74, 6) is 0.324. The molecule has 2 atom stereocenters. The Bertz CT molecular complexity index is 142. The number of hydrogen-bond acceptors (Lipinski definition) is 2. The van der Waals surface area contributed by atoms with Gasteiger partial charge >= 0.3 is 0 Å². The van der Waals surface area contributed by atoms with E-state index in [1.165, 1.54) is 5.57 Å². The van der Waals surface area contributed by atoms with Crippen LogP contribution in [0.25, 0.3) is 0 Å². The van der Waals surface area contributed by atoms with Crippen molar-refractivity contribution in [3.8, 4) is 0 Å². The smallest absolute Gasteiger partial charge is 0.0774 e. The number of allylic oxidation sites excluding steroid dienone is 1. The van der Waals surface area contributed by atoms with Crippen LogP contribution in [0.2, 0.25) is 0 Å². The first-order valence-electron chi connectivity index (χ1n) is 4.11. The molecule has 11 heavy (non-hydrogen) atoms. The largest absolute Gasteiger partial charge is 0.389 e. The van der Waals surface area contributed by atoms with Gasteiger partial charge in [-0.1, -0.05) is 11.6 Å². The predicted molar refractivity (Wildman–Crippen MR) is 44.4 cm³/mol. The van der Waals surface area contributed by atoms with Crippen LogP contribution in [0.15, 0.2) is 11.6 Å². The Morgan fingerprint density at radius 3 is 2.82 bits per heavy atom. The molecule has 0 aromatic heterocycles. The molecule has 1 heterocycles. The normalized spacial score (nSPS) is 26.6. The molecule has 2 unspecified atom stereocenters. The van der Waals surface area contributed by atoms with E-state index < -0.39 is 0 Å². The maximum absolute atomic E-state index is 9.56. The lowest BCUT2D eigenvalue weighted by molar-refractivity contribution is 0.124. The van der Waals surface area contributed by atoms with Gasteiger partial charge in [0.2, 0.25) is 0 Å². The van der Waals surface area contributed by atoms with Crippen molar-refractivity contribution in [3.05, 3.63) is 11.6 Å². The number of hydrogen-bond donors (Lipinski definition) is 1. The van der Waals surface area contributed by atoms with E-state index >= 15 is 0 Å². The predicted octanol–water partition coefficient (Wildman–Crippen LogP) is 1.35. The van der Waals surface area contributed by atoms with Crippen molar-refractivity contribution >= 4 is 0 Å². The van der Waals surface area contributed by atoms with Crippen LogP contribution >= 0.6 is 0 Å². The minimum absolute atomic E-state index is 0.303. The average molecular weight is 156 g/mol. The van der Waals surface area contributed by atoms with Gasteiger partial charge in [0, 0.05) is 12.5 Å². The maximum atomic E-state index is 9.56. The lowest BCUT2D eigenvalue weighted by Gasteiger charge is -2.12. The molecule has 1 N–H and O–H groups in total. The highest BCUT2D eigenvalue weighted by atomic mass is 16.5. The molecular weight excluding hydrogens is 140 g/mol. The first-order chi connectivity index (χ1) is 5.20. The van der Waals surface area contributed by atoms with Crippen LogP contribution < -0.4 is 0 Å². The van der Waals surface area contributed by atoms with Crippen LogP contribution in [-0.2, 0) is 4.74 Å². The van der Waals surface area contributed by atoms with Crippen molar-refractivity contribution in [1.29, 1.82) is 0 Å². The van der Waals surface area contributed by atoms with Gasteiger partial charge in [0.15, 0.2) is 0 Å². The molecule has 1 saturated heterocycles. The first-order valence-corrected chi connectivity index (χ1v) is 4.11. The Morgan fingerprint density at radius 2 is 2.36 bits per heavy atom. The van der Waals surface area contributed by atoms with Crippen LogP contribution in [0.5, 0.6) is 0 Å². The van der Waals surface area contributed by atoms with Crippen molar-refractivity contribution in [2.24, 2.45) is 5.92 Å². The van der Waals surface area contributed by atoms with Crippen LogP contribution in [0.4, 0.5) is 0 Å². The Balaban J connectivity index is 2.40. The topological polar surface area (TPSA) is 29.5 Å². The van der Waals surface area contributed by atoms with Crippen LogP contribution in [-0.4, -0.2) is 24.4 Å². The molecule has 0 spiro atoms. The summed E-state index contributed by atoms with van der Waals surface area (Å²) in [6.07, 6.45) is 2.59. The molecular formula is C9H16O2. The average Bonchev–Trinajstić information content (AvgIpc) is 2.35. The summed E-state index contributed by atoms with van der Waals surface area (Å²) in [6, 6.07) is 0. The fourth-order valence-corrected chi connectivity index (χ4v) is 1.30. The van der Waals surface area contributed by atoms with E-state index in [1.807, 2.05) is 19.9 Å². The Kier molecular flexibility index (Phi) is 3.09. The van der Waals surface area contributed by atoms with E-state index in [2.05, 4.69) is 0 Å². The van der Waals surface area contributed by atoms with Gasteiger partial charge in [0.05, 0.1) is 12.7 Å². The van der Waals surface area contributed by atoms with Crippen molar-refractivity contribution in [1.82, 2.24) is 0 Å². The quantitative estimate of drug-likeness (QED) is 0.611. The number of aliphatic hydroxyl groups excluding tert-OH is 1. The number of aliphatic hydroxyl groups is 1. The molecule has 0 aromatic carbocycles. The molecule has 2 heteroatoms. The summed E-state index contributed by atoms with van der Waals surface area (Å²) in [5, 5.41) is 9.56. The summed E-state index contributed by atoms with van der Waals surface area (Å²) < 4.78 is 5.17. The van der Waals surface area contributed by atoms with Gasteiger partial charge < -0.3 is 9.84 Å². The molecule has 0 radical (unpaired) electrons. The van der Waals surface area contributed by atoms with E-state index in [1.54, 1.807) is 0 Å². The van der Waals surface area contributed by atoms with Crippen LogP contribution in [0.1, 0.15) is 20.3 Å². The minimum Gasteiger partial charge on any atom is -0.389 e. The molecule has 1 fully saturated rings. The van der Waals surface area contributed by atoms with Crippen molar-refractivity contribution in [2.45, 2.75) is 26.4 Å². The van der Waals surface area contributed by atoms with Gasteiger partial charge in [-0.2, -0.15) is 0 Å². The van der Waals surface area contributed by atoms with Gasteiger partial charge in [-0.15, -0.1) is 0 Å². The lowest BCUT2D eigenvalue weighted by Crippen LogP contribution is -2.18. The summed E-state index contributed by atoms with van der Waals surface area (Å²) >= 11 is 0. The third kappa shape index (κ3) is 2.64. The zero-order valence-electron chi connectivity index (χ0n) is 7.21. The summed E-state index contributed by atoms with van der Waals surface area (Å²) in [4.78, 5) is 0. The zero-order chi connectivity index (χ0) is 8.27. The van der Waals surface area contributed by atoms with E-state index in [0.29, 0.717) is 12.5 Å². The Morgan fingerprint density at radius 1 is 1.64 bits per heavy atom. The molecule has 1 rings (SSSR count). The van der Waals surface area contributed by atoms with Gasteiger partial charge in [-0.3, -0.25) is 0 Å². The van der Waals surface area contributed by atoms with E-state index in [9.17, 15) is 5.11 Å². The highest BCUT2D eigenvalue weighted by Gasteiger charge is 2.21. The van der Waals surface area contributed by atoms with Crippen molar-refractivity contribution in [2.75, 3.05) is 13.2 Å². The molecule has 0 aliphatic carbocycles. The summed E-state index contributed by atoms with van der Waals surface area (Å²) in [7, 11) is 0. The molecule has 2 nitrogen and oxygen atoms in total. The van der Waals surface area contributed by atoms with E-state index in [-0.39, 0.29) is 6.10 Å². The maximum Gasteiger partial charge on any atom is 0.0774 e. The zero-order valence-corrected chi connectivity index (χ0v) is 7.21.